The van der Waals surface area contributed by atoms with Crippen LogP contribution in [-0.4, -0.2) is 4.98 Å². The smallest absolute Gasteiger partial charge is 0.212 e. The molecule has 0 spiro atoms. The highest BCUT2D eigenvalue weighted by atomic mass is 35.5. The van der Waals surface area contributed by atoms with Crippen LogP contribution in [0.3, 0.4) is 0 Å². The lowest BCUT2D eigenvalue weighted by molar-refractivity contribution is 0.508. The first-order valence-corrected chi connectivity index (χ1v) is 6.39. The van der Waals surface area contributed by atoms with Gasteiger partial charge in [-0.3, -0.25) is 0 Å². The van der Waals surface area contributed by atoms with Gasteiger partial charge in [0.05, 0.1) is 6.20 Å². The van der Waals surface area contributed by atoms with E-state index in [-0.39, 0.29) is 5.38 Å². The Bertz CT molecular complexity index is 545. The number of benzene rings is 1. The highest BCUT2D eigenvalue weighted by Crippen LogP contribution is 2.30. The second kappa shape index (κ2) is 4.19. The maximum absolute atomic E-state index is 5.94. The van der Waals surface area contributed by atoms with Crippen LogP contribution in [0.1, 0.15) is 35.7 Å². The standard InChI is InChI=1S/C14H14ClNO/c1-9(15)14-16-8-13(17-14)12-6-5-10-3-2-4-11(10)7-12/h5-9H,2-4H2,1H3/t9-/m0/s1. The molecule has 0 bridgehead atoms. The van der Waals surface area contributed by atoms with Gasteiger partial charge in [0.15, 0.2) is 5.76 Å². The van der Waals surface area contributed by atoms with E-state index in [2.05, 4.69) is 23.2 Å². The van der Waals surface area contributed by atoms with Crippen molar-refractivity contribution in [2.24, 2.45) is 0 Å². The monoisotopic (exact) mass is 247 g/mol. The van der Waals surface area contributed by atoms with Crippen molar-refractivity contribution in [1.29, 1.82) is 0 Å². The second-order valence-electron chi connectivity index (χ2n) is 4.52. The van der Waals surface area contributed by atoms with E-state index in [1.54, 1.807) is 6.20 Å². The minimum Gasteiger partial charge on any atom is -0.439 e. The third-order valence-electron chi connectivity index (χ3n) is 3.25. The fourth-order valence-corrected chi connectivity index (χ4v) is 2.43. The maximum Gasteiger partial charge on any atom is 0.212 e. The van der Waals surface area contributed by atoms with Crippen molar-refractivity contribution in [3.05, 3.63) is 41.4 Å². The van der Waals surface area contributed by atoms with E-state index in [0.717, 1.165) is 11.3 Å². The number of hydrogen-bond donors (Lipinski definition) is 0. The Balaban J connectivity index is 1.97. The Morgan fingerprint density at radius 2 is 2.12 bits per heavy atom. The van der Waals surface area contributed by atoms with Crippen molar-refractivity contribution in [2.45, 2.75) is 31.6 Å². The predicted molar refractivity (Wildman–Crippen MR) is 68.2 cm³/mol. The fourth-order valence-electron chi connectivity index (χ4n) is 2.33. The molecule has 0 aliphatic heterocycles. The number of rotatable bonds is 2. The Morgan fingerprint density at radius 3 is 2.88 bits per heavy atom. The summed E-state index contributed by atoms with van der Waals surface area (Å²) in [6.07, 6.45) is 5.40. The lowest BCUT2D eigenvalue weighted by atomic mass is 10.1. The summed E-state index contributed by atoms with van der Waals surface area (Å²) in [5.74, 6) is 1.39. The van der Waals surface area contributed by atoms with E-state index >= 15 is 0 Å². The average molecular weight is 248 g/mol. The van der Waals surface area contributed by atoms with E-state index in [1.807, 2.05) is 6.92 Å². The minimum absolute atomic E-state index is 0.182. The number of halogens is 1. The third kappa shape index (κ3) is 1.98. The Labute approximate surface area is 106 Å². The van der Waals surface area contributed by atoms with Gasteiger partial charge in [-0.05, 0) is 43.4 Å². The largest absolute Gasteiger partial charge is 0.439 e. The molecule has 2 nitrogen and oxygen atoms in total. The van der Waals surface area contributed by atoms with Gasteiger partial charge in [0.2, 0.25) is 5.89 Å². The van der Waals surface area contributed by atoms with Gasteiger partial charge in [-0.2, -0.15) is 0 Å². The van der Waals surface area contributed by atoms with Crippen molar-refractivity contribution in [1.82, 2.24) is 4.98 Å². The van der Waals surface area contributed by atoms with Crippen molar-refractivity contribution >= 4 is 11.6 Å². The zero-order chi connectivity index (χ0) is 11.8. The predicted octanol–water partition coefficient (Wildman–Crippen LogP) is 4.13. The highest BCUT2D eigenvalue weighted by Gasteiger charge is 2.14. The molecule has 1 aliphatic rings. The summed E-state index contributed by atoms with van der Waals surface area (Å²) in [7, 11) is 0. The van der Waals surface area contributed by atoms with Crippen molar-refractivity contribution in [3.8, 4) is 11.3 Å². The molecule has 1 aliphatic carbocycles. The van der Waals surface area contributed by atoms with Gasteiger partial charge in [-0.15, -0.1) is 11.6 Å². The second-order valence-corrected chi connectivity index (χ2v) is 5.17. The molecule has 0 unspecified atom stereocenters. The SMILES string of the molecule is C[C@H](Cl)c1ncc(-c2ccc3c(c2)CCC3)o1. The summed E-state index contributed by atoms with van der Waals surface area (Å²) in [5, 5.41) is -0.182. The number of aromatic nitrogens is 1. The Morgan fingerprint density at radius 1 is 1.29 bits per heavy atom. The van der Waals surface area contributed by atoms with Crippen LogP contribution < -0.4 is 0 Å². The number of nitrogens with zero attached hydrogens (tertiary/aromatic N) is 1. The van der Waals surface area contributed by atoms with Crippen LogP contribution in [0, 0.1) is 0 Å². The van der Waals surface area contributed by atoms with Gasteiger partial charge in [0.1, 0.15) is 5.38 Å². The van der Waals surface area contributed by atoms with Gasteiger partial charge >= 0.3 is 0 Å². The van der Waals surface area contributed by atoms with Crippen molar-refractivity contribution in [3.63, 3.8) is 0 Å². The van der Waals surface area contributed by atoms with Crippen LogP contribution in [0.5, 0.6) is 0 Å². The summed E-state index contributed by atoms with van der Waals surface area (Å²) in [6.45, 7) is 1.86. The zero-order valence-corrected chi connectivity index (χ0v) is 10.5. The summed E-state index contributed by atoms with van der Waals surface area (Å²) < 4.78 is 5.65. The van der Waals surface area contributed by atoms with Gasteiger partial charge in [-0.1, -0.05) is 12.1 Å². The van der Waals surface area contributed by atoms with E-state index in [1.165, 1.54) is 30.4 Å². The molecule has 0 N–H and O–H groups in total. The van der Waals surface area contributed by atoms with E-state index in [4.69, 9.17) is 16.0 Å². The van der Waals surface area contributed by atoms with E-state index in [0.29, 0.717) is 5.89 Å². The molecular weight excluding hydrogens is 234 g/mol. The fraction of sp³-hybridized carbons (Fsp3) is 0.357. The van der Waals surface area contributed by atoms with E-state index < -0.39 is 0 Å². The first-order valence-electron chi connectivity index (χ1n) is 5.96. The molecule has 1 heterocycles. The molecule has 0 amide bonds. The number of alkyl halides is 1. The molecule has 3 heteroatoms. The molecular formula is C14H14ClNO. The number of fused-ring (bicyclic) bond motifs is 1. The first kappa shape index (κ1) is 10.8. The molecule has 0 fully saturated rings. The molecule has 1 atom stereocenters. The normalized spacial score (nSPS) is 15.9. The lowest BCUT2D eigenvalue weighted by Crippen LogP contribution is -1.83. The van der Waals surface area contributed by atoms with Gasteiger partial charge in [0.25, 0.3) is 0 Å². The average Bonchev–Trinajstić information content (AvgIpc) is 2.97. The third-order valence-corrected chi connectivity index (χ3v) is 3.43. The number of aryl methyl sites for hydroxylation is 2. The first-order chi connectivity index (χ1) is 8.24. The minimum atomic E-state index is -0.182. The molecule has 0 saturated heterocycles. The van der Waals surface area contributed by atoms with Crippen LogP contribution >= 0.6 is 11.6 Å². The number of hydrogen-bond acceptors (Lipinski definition) is 2. The molecule has 17 heavy (non-hydrogen) atoms. The van der Waals surface area contributed by atoms with Crippen LogP contribution in [0.25, 0.3) is 11.3 Å². The molecule has 0 saturated carbocycles. The summed E-state index contributed by atoms with van der Waals surface area (Å²) in [5.41, 5.74) is 4.01. The highest BCUT2D eigenvalue weighted by molar-refractivity contribution is 6.20. The molecule has 3 rings (SSSR count). The van der Waals surface area contributed by atoms with Crippen molar-refractivity contribution in [2.75, 3.05) is 0 Å². The summed E-state index contributed by atoms with van der Waals surface area (Å²) in [4.78, 5) is 4.19. The van der Waals surface area contributed by atoms with Gasteiger partial charge in [-0.25, -0.2) is 4.98 Å². The zero-order valence-electron chi connectivity index (χ0n) is 9.74. The molecule has 1 aromatic carbocycles. The van der Waals surface area contributed by atoms with Gasteiger partial charge in [0, 0.05) is 5.56 Å². The van der Waals surface area contributed by atoms with Crippen LogP contribution in [-0.2, 0) is 12.8 Å². The quantitative estimate of drug-likeness (QED) is 0.746. The number of oxazole rings is 1. The topological polar surface area (TPSA) is 26.0 Å². The van der Waals surface area contributed by atoms with E-state index in [9.17, 15) is 0 Å². The van der Waals surface area contributed by atoms with Crippen LogP contribution in [0.2, 0.25) is 0 Å². The maximum atomic E-state index is 5.94. The molecule has 88 valence electrons. The van der Waals surface area contributed by atoms with Crippen molar-refractivity contribution < 1.29 is 4.42 Å². The van der Waals surface area contributed by atoms with Crippen LogP contribution in [0.15, 0.2) is 28.8 Å². The Kier molecular flexibility index (Phi) is 2.67. The molecule has 0 radical (unpaired) electrons. The summed E-state index contributed by atoms with van der Waals surface area (Å²) >= 11 is 5.94. The molecule has 1 aromatic heterocycles. The summed E-state index contributed by atoms with van der Waals surface area (Å²) in [6, 6.07) is 6.52. The lowest BCUT2D eigenvalue weighted by Gasteiger charge is -2.02. The Hall–Kier alpha value is -1.28. The van der Waals surface area contributed by atoms with Crippen LogP contribution in [0.4, 0.5) is 0 Å². The van der Waals surface area contributed by atoms with Gasteiger partial charge < -0.3 is 4.42 Å². The molecule has 2 aromatic rings.